The van der Waals surface area contributed by atoms with E-state index in [1.54, 1.807) is 0 Å². The van der Waals surface area contributed by atoms with E-state index in [-0.39, 0.29) is 30.5 Å². The van der Waals surface area contributed by atoms with Crippen LogP contribution in [0.3, 0.4) is 0 Å². The summed E-state index contributed by atoms with van der Waals surface area (Å²) in [6.07, 6.45) is 2.36. The zero-order valence-electron chi connectivity index (χ0n) is 21.8. The highest BCUT2D eigenvalue weighted by Gasteiger charge is 2.40. The molecule has 0 radical (unpaired) electrons. The molecule has 1 fully saturated rings. The topological polar surface area (TPSA) is 55.8 Å². The molecule has 1 aliphatic rings. The monoisotopic (exact) mass is 552 g/mol. The lowest BCUT2D eigenvalue weighted by Crippen LogP contribution is -2.36. The van der Waals surface area contributed by atoms with Gasteiger partial charge in [-0.05, 0) is 72.9 Å². The average Bonchev–Trinajstić information content (AvgIpc) is 2.88. The molecule has 1 heterocycles. The smallest absolute Gasteiger partial charge is 0.307 e. The summed E-state index contributed by atoms with van der Waals surface area (Å²) in [6.45, 7) is 8.85. The molecule has 1 saturated heterocycles. The zero-order chi connectivity index (χ0) is 27.2. The highest BCUT2D eigenvalue weighted by molar-refractivity contribution is 6.30. The van der Waals surface area contributed by atoms with Gasteiger partial charge in [-0.25, -0.2) is 0 Å². The van der Waals surface area contributed by atoms with Crippen LogP contribution in [0.15, 0.2) is 78.9 Å². The number of halogens is 2. The van der Waals surface area contributed by atoms with Crippen LogP contribution >= 0.6 is 23.2 Å². The number of carboxylic acid groups (broad SMARTS) is 1. The lowest BCUT2D eigenvalue weighted by molar-refractivity contribution is -0.136. The normalized spacial score (nSPS) is 21.2. The second kappa shape index (κ2) is 12.8. The first-order valence-electron chi connectivity index (χ1n) is 13.0. The van der Waals surface area contributed by atoms with Crippen molar-refractivity contribution in [1.82, 2.24) is 0 Å². The fourth-order valence-electron chi connectivity index (χ4n) is 5.32. The Hall–Kier alpha value is -2.79. The Morgan fingerprint density at radius 1 is 1.05 bits per heavy atom. The van der Waals surface area contributed by atoms with Crippen molar-refractivity contribution in [1.29, 1.82) is 0 Å². The van der Waals surface area contributed by atoms with Gasteiger partial charge in [0.1, 0.15) is 12.4 Å². The molecule has 38 heavy (non-hydrogen) atoms. The van der Waals surface area contributed by atoms with Crippen LogP contribution in [0.5, 0.6) is 5.75 Å². The number of carboxylic acids is 1. The number of benzene rings is 3. The highest BCUT2D eigenvalue weighted by atomic mass is 35.5. The number of aliphatic carboxylic acids is 1. The molecule has 6 heteroatoms. The minimum atomic E-state index is -0.878. The van der Waals surface area contributed by atoms with Crippen molar-refractivity contribution in [3.8, 4) is 5.75 Å². The van der Waals surface area contributed by atoms with Crippen LogP contribution in [0.4, 0.5) is 0 Å². The van der Waals surface area contributed by atoms with E-state index in [0.29, 0.717) is 28.0 Å². The Bertz CT molecular complexity index is 1270. The average molecular weight is 554 g/mol. The van der Waals surface area contributed by atoms with Crippen LogP contribution in [-0.2, 0) is 22.6 Å². The van der Waals surface area contributed by atoms with E-state index in [4.69, 9.17) is 32.7 Å². The second-order valence-electron chi connectivity index (χ2n) is 10.1. The van der Waals surface area contributed by atoms with Gasteiger partial charge in [-0.2, -0.15) is 0 Å². The third kappa shape index (κ3) is 6.99. The molecule has 200 valence electrons. The summed E-state index contributed by atoms with van der Waals surface area (Å²) in [5.41, 5.74) is 4.74. The molecule has 4 atom stereocenters. The van der Waals surface area contributed by atoms with E-state index in [1.165, 1.54) is 5.56 Å². The molecule has 3 aromatic rings. The van der Waals surface area contributed by atoms with Crippen molar-refractivity contribution in [2.75, 3.05) is 0 Å². The minimum Gasteiger partial charge on any atom is -0.489 e. The van der Waals surface area contributed by atoms with Gasteiger partial charge in [0.25, 0.3) is 0 Å². The summed E-state index contributed by atoms with van der Waals surface area (Å²) in [4.78, 5) is 11.5. The quantitative estimate of drug-likeness (QED) is 0.255. The van der Waals surface area contributed by atoms with Gasteiger partial charge >= 0.3 is 5.97 Å². The number of rotatable bonds is 10. The van der Waals surface area contributed by atoms with Crippen molar-refractivity contribution in [3.63, 3.8) is 0 Å². The summed E-state index contributed by atoms with van der Waals surface area (Å²) < 4.78 is 13.2. The summed E-state index contributed by atoms with van der Waals surface area (Å²) in [5.74, 6) is 0.0207. The van der Waals surface area contributed by atoms with E-state index in [9.17, 15) is 9.90 Å². The minimum absolute atomic E-state index is 0.00862. The molecular formula is C32H34Cl2O4. The molecular weight excluding hydrogens is 519 g/mol. The maximum absolute atomic E-state index is 11.5. The fourth-order valence-corrected chi connectivity index (χ4v) is 5.65. The van der Waals surface area contributed by atoms with Crippen molar-refractivity contribution >= 4 is 29.2 Å². The summed E-state index contributed by atoms with van der Waals surface area (Å²) in [7, 11) is 0. The summed E-state index contributed by atoms with van der Waals surface area (Å²) in [5, 5.41) is 10.8. The molecule has 0 unspecified atom stereocenters. The molecule has 0 aromatic heterocycles. The first-order chi connectivity index (χ1) is 18.2. The van der Waals surface area contributed by atoms with Gasteiger partial charge < -0.3 is 14.6 Å². The van der Waals surface area contributed by atoms with Gasteiger partial charge in [-0.1, -0.05) is 79.0 Å². The van der Waals surface area contributed by atoms with Crippen LogP contribution in [0.25, 0.3) is 0 Å². The maximum atomic E-state index is 11.5. The van der Waals surface area contributed by atoms with Crippen molar-refractivity contribution < 1.29 is 19.4 Å². The maximum Gasteiger partial charge on any atom is 0.307 e. The third-order valence-corrected chi connectivity index (χ3v) is 7.65. The zero-order valence-corrected chi connectivity index (χ0v) is 23.3. The Balaban J connectivity index is 1.71. The van der Waals surface area contributed by atoms with Crippen LogP contribution < -0.4 is 4.74 Å². The predicted octanol–water partition coefficient (Wildman–Crippen LogP) is 8.81. The van der Waals surface area contributed by atoms with E-state index in [1.807, 2.05) is 61.5 Å². The van der Waals surface area contributed by atoms with Gasteiger partial charge in [0.2, 0.25) is 0 Å². The lowest BCUT2D eigenvalue weighted by atomic mass is 9.74. The fraction of sp³-hybridized carbons (Fsp3) is 0.344. The number of ether oxygens (including phenoxy) is 2. The SMILES string of the molecule is C=C(C)[C@H]1C[C@H](c2ccc(Cl)cc2)[C@H](CCC)O[C@@H]1c1cc(CC(=O)O)ccc1OCc1cccc(Cl)c1. The molecule has 0 saturated carbocycles. The van der Waals surface area contributed by atoms with Crippen LogP contribution in [0.1, 0.15) is 67.4 Å². The van der Waals surface area contributed by atoms with Gasteiger partial charge in [-0.3, -0.25) is 4.79 Å². The molecule has 4 nitrogen and oxygen atoms in total. The molecule has 0 spiro atoms. The van der Waals surface area contributed by atoms with Crippen molar-refractivity contribution in [2.45, 2.75) is 64.3 Å². The Morgan fingerprint density at radius 3 is 2.47 bits per heavy atom. The van der Waals surface area contributed by atoms with Crippen LogP contribution in [0.2, 0.25) is 10.0 Å². The van der Waals surface area contributed by atoms with Crippen LogP contribution in [0, 0.1) is 5.92 Å². The molecule has 0 bridgehead atoms. The van der Waals surface area contributed by atoms with E-state index in [0.717, 1.165) is 36.0 Å². The van der Waals surface area contributed by atoms with Gasteiger partial charge in [-0.15, -0.1) is 0 Å². The number of hydrogen-bond acceptors (Lipinski definition) is 3. The van der Waals surface area contributed by atoms with Gasteiger partial charge in [0, 0.05) is 27.4 Å². The first-order valence-corrected chi connectivity index (χ1v) is 13.8. The molecule has 3 aromatic carbocycles. The van der Waals surface area contributed by atoms with Gasteiger partial charge in [0.05, 0.1) is 18.6 Å². The Kier molecular flexibility index (Phi) is 9.54. The summed E-state index contributed by atoms with van der Waals surface area (Å²) in [6, 6.07) is 21.2. The highest BCUT2D eigenvalue weighted by Crippen LogP contribution is 2.49. The standard InChI is InChI=1S/C32H34Cl2O4/c1-4-6-30-27(23-10-12-24(33)13-11-23)18-26(20(2)3)32(38-30)28-16-21(17-31(35)36)9-14-29(28)37-19-22-7-5-8-25(34)15-22/h5,7-16,26-27,30,32H,2,4,6,17-19H2,1,3H3,(H,35,36)/t26-,27-,30+,32+/m1/s1. The Labute approximate surface area is 235 Å². The Morgan fingerprint density at radius 2 is 1.82 bits per heavy atom. The second-order valence-corrected chi connectivity index (χ2v) is 11.0. The molecule has 1 aliphatic heterocycles. The summed E-state index contributed by atoms with van der Waals surface area (Å²) >= 11 is 12.3. The van der Waals surface area contributed by atoms with Crippen LogP contribution in [-0.4, -0.2) is 17.2 Å². The molecule has 0 amide bonds. The van der Waals surface area contributed by atoms with E-state index < -0.39 is 5.97 Å². The third-order valence-electron chi connectivity index (χ3n) is 7.17. The molecule has 4 rings (SSSR count). The predicted molar refractivity (Wildman–Crippen MR) is 153 cm³/mol. The van der Waals surface area contributed by atoms with E-state index >= 15 is 0 Å². The number of carbonyl (C=O) groups is 1. The largest absolute Gasteiger partial charge is 0.489 e. The molecule has 0 aliphatic carbocycles. The molecule has 1 N–H and O–H groups in total. The van der Waals surface area contributed by atoms with E-state index in [2.05, 4.69) is 25.6 Å². The first kappa shape index (κ1) is 28.2. The number of hydrogen-bond donors (Lipinski definition) is 1. The van der Waals surface area contributed by atoms with Crippen molar-refractivity contribution in [2.24, 2.45) is 5.92 Å². The van der Waals surface area contributed by atoms with Crippen molar-refractivity contribution in [3.05, 3.63) is 111 Å². The lowest BCUT2D eigenvalue weighted by Gasteiger charge is -2.43. The van der Waals surface area contributed by atoms with Gasteiger partial charge in [0.15, 0.2) is 0 Å².